The van der Waals surface area contributed by atoms with E-state index in [2.05, 4.69) is 11.8 Å². The maximum Gasteiger partial charge on any atom is 0.345 e. The lowest BCUT2D eigenvalue weighted by Crippen LogP contribution is -2.39. The number of hydrogen-bond acceptors (Lipinski definition) is 4. The Labute approximate surface area is 235 Å². The van der Waals surface area contributed by atoms with E-state index in [-0.39, 0.29) is 5.91 Å². The van der Waals surface area contributed by atoms with Crippen molar-refractivity contribution in [1.29, 1.82) is 0 Å². The van der Waals surface area contributed by atoms with Gasteiger partial charge in [-0.2, -0.15) is 0 Å². The minimum atomic E-state index is -1.07. The first kappa shape index (κ1) is 26.8. The highest BCUT2D eigenvalue weighted by atomic mass is 35.5. The molecule has 39 heavy (non-hydrogen) atoms. The Bertz CT molecular complexity index is 1410. The van der Waals surface area contributed by atoms with Crippen molar-refractivity contribution in [2.75, 3.05) is 11.4 Å². The summed E-state index contributed by atoms with van der Waals surface area (Å²) in [5, 5.41) is 0.672. The molecule has 6 heteroatoms. The number of esters is 1. The zero-order chi connectivity index (χ0) is 27.4. The highest BCUT2D eigenvalue weighted by Gasteiger charge is 2.34. The van der Waals surface area contributed by atoms with Crippen LogP contribution < -0.4 is 9.64 Å². The molecule has 5 nitrogen and oxygen atoms in total. The first-order valence-electron chi connectivity index (χ1n) is 13.5. The molecular weight excluding hydrogens is 510 g/mol. The highest BCUT2D eigenvalue weighted by Crippen LogP contribution is 2.35. The Kier molecular flexibility index (Phi) is 7.95. The van der Waals surface area contributed by atoms with E-state index in [0.29, 0.717) is 34.1 Å². The topological polar surface area (TPSA) is 55.8 Å². The van der Waals surface area contributed by atoms with Crippen molar-refractivity contribution in [1.82, 2.24) is 0 Å². The second-order valence-electron chi connectivity index (χ2n) is 10.7. The van der Waals surface area contributed by atoms with Crippen LogP contribution in [0.2, 0.25) is 5.02 Å². The third-order valence-electron chi connectivity index (χ3n) is 7.23. The van der Waals surface area contributed by atoms with Crippen LogP contribution in [0.3, 0.4) is 0 Å². The van der Waals surface area contributed by atoms with Crippen LogP contribution in [0, 0.1) is 17.8 Å². The zero-order valence-electron chi connectivity index (χ0n) is 22.3. The summed E-state index contributed by atoms with van der Waals surface area (Å²) in [6.45, 7) is 3.98. The average Bonchev–Trinajstić information content (AvgIpc) is 3.43. The number of carbonyl (C=O) groups is 2. The van der Waals surface area contributed by atoms with Crippen molar-refractivity contribution in [2.45, 2.75) is 58.2 Å². The molecule has 0 spiro atoms. The SMILES string of the molecule is CC1(C)OC(=O)c2ccc(N(CCCC3CCCC3)C(=O)c3ccc(C#Cc4ccc(Cl)cc4)cc3)cc2O1. The van der Waals surface area contributed by atoms with Gasteiger partial charge in [-0.25, -0.2) is 4.79 Å². The summed E-state index contributed by atoms with van der Waals surface area (Å²) in [5.41, 5.74) is 3.32. The summed E-state index contributed by atoms with van der Waals surface area (Å²) in [7, 11) is 0. The number of benzene rings is 3. The minimum absolute atomic E-state index is 0.101. The van der Waals surface area contributed by atoms with Gasteiger partial charge in [0.05, 0.1) is 0 Å². The van der Waals surface area contributed by atoms with Crippen LogP contribution in [0.1, 0.15) is 84.2 Å². The molecule has 5 rings (SSSR count). The third kappa shape index (κ3) is 6.64. The molecule has 0 bridgehead atoms. The summed E-state index contributed by atoms with van der Waals surface area (Å²) >= 11 is 5.95. The van der Waals surface area contributed by atoms with Gasteiger partial charge in [0, 0.05) is 53.9 Å². The fourth-order valence-electron chi connectivity index (χ4n) is 5.21. The number of cyclic esters (lactones) is 1. The van der Waals surface area contributed by atoms with Gasteiger partial charge in [0.15, 0.2) is 0 Å². The van der Waals surface area contributed by atoms with Crippen LogP contribution in [-0.4, -0.2) is 24.2 Å². The van der Waals surface area contributed by atoms with Gasteiger partial charge in [0.1, 0.15) is 11.3 Å². The number of fused-ring (bicyclic) bond motifs is 1. The molecule has 2 aliphatic rings. The number of nitrogens with zero attached hydrogens (tertiary/aromatic N) is 1. The summed E-state index contributed by atoms with van der Waals surface area (Å²) < 4.78 is 11.3. The van der Waals surface area contributed by atoms with Crippen LogP contribution in [0.5, 0.6) is 5.75 Å². The molecule has 3 aromatic carbocycles. The number of hydrogen-bond donors (Lipinski definition) is 0. The van der Waals surface area contributed by atoms with E-state index >= 15 is 0 Å². The van der Waals surface area contributed by atoms with Crippen LogP contribution in [0.15, 0.2) is 66.7 Å². The molecule has 1 saturated carbocycles. The highest BCUT2D eigenvalue weighted by molar-refractivity contribution is 6.30. The quantitative estimate of drug-likeness (QED) is 0.238. The number of ether oxygens (including phenoxy) is 2. The Morgan fingerprint density at radius 2 is 1.59 bits per heavy atom. The van der Waals surface area contributed by atoms with E-state index in [4.69, 9.17) is 21.1 Å². The Hall–Kier alpha value is -3.75. The first-order valence-corrected chi connectivity index (χ1v) is 13.9. The summed E-state index contributed by atoms with van der Waals surface area (Å²) in [6.07, 6.45) is 7.16. The molecule has 0 N–H and O–H groups in total. The molecule has 0 unspecified atom stereocenters. The molecule has 1 aliphatic heterocycles. The number of halogens is 1. The lowest BCUT2D eigenvalue weighted by molar-refractivity contribution is -0.127. The molecule has 0 atom stereocenters. The summed E-state index contributed by atoms with van der Waals surface area (Å²) in [5.74, 6) is 5.83. The molecule has 0 saturated heterocycles. The minimum Gasteiger partial charge on any atom is -0.452 e. The van der Waals surface area contributed by atoms with Gasteiger partial charge in [-0.15, -0.1) is 0 Å². The van der Waals surface area contributed by atoms with Gasteiger partial charge in [-0.1, -0.05) is 49.1 Å². The van der Waals surface area contributed by atoms with Gasteiger partial charge in [-0.3, -0.25) is 4.79 Å². The second kappa shape index (κ2) is 11.6. The smallest absolute Gasteiger partial charge is 0.345 e. The number of amides is 1. The Balaban J connectivity index is 1.37. The van der Waals surface area contributed by atoms with Crippen molar-refractivity contribution >= 4 is 29.2 Å². The second-order valence-corrected chi connectivity index (χ2v) is 11.1. The van der Waals surface area contributed by atoms with Gasteiger partial charge in [0.2, 0.25) is 5.79 Å². The van der Waals surface area contributed by atoms with E-state index < -0.39 is 11.8 Å². The van der Waals surface area contributed by atoms with E-state index in [1.807, 2.05) is 48.5 Å². The standard InChI is InChI=1S/C33H32ClNO4/c1-33(2)38-30-22-28(19-20-29(30)32(37)39-33)35(21-5-8-23-6-3-4-7-23)31(36)26-15-11-24(12-16-26)9-10-25-13-17-27(34)18-14-25/h11-20,22-23H,3-8,21H2,1-2H3. The zero-order valence-corrected chi connectivity index (χ0v) is 23.1. The van der Waals surface area contributed by atoms with Crippen LogP contribution in [0.4, 0.5) is 5.69 Å². The number of carbonyl (C=O) groups excluding carboxylic acids is 2. The maximum absolute atomic E-state index is 13.8. The Morgan fingerprint density at radius 1 is 0.949 bits per heavy atom. The van der Waals surface area contributed by atoms with Crippen LogP contribution in [0.25, 0.3) is 0 Å². The average molecular weight is 542 g/mol. The molecule has 0 aromatic heterocycles. The third-order valence-corrected chi connectivity index (χ3v) is 7.48. The first-order chi connectivity index (χ1) is 18.8. The van der Waals surface area contributed by atoms with Crippen molar-refractivity contribution in [3.63, 3.8) is 0 Å². The van der Waals surface area contributed by atoms with Crippen molar-refractivity contribution in [3.8, 4) is 17.6 Å². The van der Waals surface area contributed by atoms with Crippen molar-refractivity contribution in [2.24, 2.45) is 5.92 Å². The van der Waals surface area contributed by atoms with Gasteiger partial charge >= 0.3 is 5.97 Å². The molecule has 200 valence electrons. The van der Waals surface area contributed by atoms with E-state index in [0.717, 1.165) is 29.9 Å². The molecule has 1 heterocycles. The molecule has 1 amide bonds. The number of rotatable bonds is 6. The van der Waals surface area contributed by atoms with Crippen LogP contribution in [-0.2, 0) is 4.74 Å². The largest absolute Gasteiger partial charge is 0.452 e. The molecule has 0 radical (unpaired) electrons. The van der Waals surface area contributed by atoms with Gasteiger partial charge < -0.3 is 14.4 Å². The Morgan fingerprint density at radius 3 is 2.26 bits per heavy atom. The molecule has 1 aliphatic carbocycles. The number of anilines is 1. The monoisotopic (exact) mass is 541 g/mol. The van der Waals surface area contributed by atoms with E-state index in [1.54, 1.807) is 36.9 Å². The summed E-state index contributed by atoms with van der Waals surface area (Å²) in [4.78, 5) is 28.0. The maximum atomic E-state index is 13.8. The van der Waals surface area contributed by atoms with Gasteiger partial charge in [-0.05, 0) is 79.4 Å². The lowest BCUT2D eigenvalue weighted by Gasteiger charge is -2.32. The molecular formula is C33H32ClNO4. The summed E-state index contributed by atoms with van der Waals surface area (Å²) in [6, 6.07) is 20.0. The van der Waals surface area contributed by atoms with Gasteiger partial charge in [0.25, 0.3) is 5.91 Å². The van der Waals surface area contributed by atoms with E-state index in [9.17, 15) is 9.59 Å². The fraction of sp³-hybridized carbons (Fsp3) is 0.333. The van der Waals surface area contributed by atoms with Crippen LogP contribution >= 0.6 is 11.6 Å². The predicted molar refractivity (Wildman–Crippen MR) is 153 cm³/mol. The van der Waals surface area contributed by atoms with Crippen molar-refractivity contribution < 1.29 is 19.1 Å². The van der Waals surface area contributed by atoms with E-state index in [1.165, 1.54) is 25.7 Å². The fourth-order valence-corrected chi connectivity index (χ4v) is 5.34. The lowest BCUT2D eigenvalue weighted by atomic mass is 10.0. The van der Waals surface area contributed by atoms with Crippen molar-refractivity contribution in [3.05, 3.63) is 94.0 Å². The normalized spacial score (nSPS) is 15.9. The molecule has 3 aromatic rings. The molecule has 1 fully saturated rings. The predicted octanol–water partition coefficient (Wildman–Crippen LogP) is 7.64.